The summed E-state index contributed by atoms with van der Waals surface area (Å²) in [7, 11) is 1.41. The fourth-order valence-electron chi connectivity index (χ4n) is 2.10. The minimum atomic E-state index is -1.08. The van der Waals surface area contributed by atoms with E-state index in [1.807, 2.05) is 0 Å². The Morgan fingerprint density at radius 3 is 2.61 bits per heavy atom. The number of likely N-dealkylation sites (tertiary alicyclic amines) is 1. The van der Waals surface area contributed by atoms with Crippen LogP contribution in [-0.2, 0) is 9.53 Å². The fourth-order valence-corrected chi connectivity index (χ4v) is 2.10. The molecule has 1 saturated heterocycles. The molecule has 2 atom stereocenters. The van der Waals surface area contributed by atoms with Gasteiger partial charge in [0.25, 0.3) is 0 Å². The predicted octanol–water partition coefficient (Wildman–Crippen LogP) is 0.773. The average molecular weight is 258 g/mol. The molecular formula is C12H22N2O4. The molecule has 2 unspecified atom stereocenters. The van der Waals surface area contributed by atoms with Crippen LogP contribution in [0.1, 0.15) is 20.3 Å². The number of hydrogen-bond acceptors (Lipinski definition) is 3. The van der Waals surface area contributed by atoms with Gasteiger partial charge < -0.3 is 20.1 Å². The Bertz CT molecular complexity index is 306. The number of nitrogens with one attached hydrogen (secondary N) is 1. The fraction of sp³-hybridized carbons (Fsp3) is 0.833. The van der Waals surface area contributed by atoms with Crippen LogP contribution in [0.15, 0.2) is 0 Å². The first-order valence-electron chi connectivity index (χ1n) is 6.22. The largest absolute Gasteiger partial charge is 0.480 e. The van der Waals surface area contributed by atoms with Gasteiger partial charge in [0.05, 0.1) is 6.61 Å². The van der Waals surface area contributed by atoms with Crippen LogP contribution >= 0.6 is 0 Å². The number of carboxylic acids is 1. The number of hydrogen-bond donors (Lipinski definition) is 2. The number of ether oxygens (including phenoxy) is 1. The molecule has 0 spiro atoms. The number of urea groups is 1. The number of aliphatic carboxylic acids is 1. The minimum absolute atomic E-state index is 0.0253. The Labute approximate surface area is 107 Å². The molecule has 0 aromatic rings. The van der Waals surface area contributed by atoms with E-state index in [2.05, 4.69) is 19.2 Å². The van der Waals surface area contributed by atoms with E-state index in [0.29, 0.717) is 24.9 Å². The average Bonchev–Trinajstić information content (AvgIpc) is 2.77. The van der Waals surface area contributed by atoms with Crippen molar-refractivity contribution in [2.45, 2.75) is 26.3 Å². The van der Waals surface area contributed by atoms with Crippen LogP contribution in [0.2, 0.25) is 0 Å². The number of carbonyl (C=O) groups excluding carboxylic acids is 1. The first-order valence-corrected chi connectivity index (χ1v) is 6.22. The lowest BCUT2D eigenvalue weighted by atomic mass is 9.95. The van der Waals surface area contributed by atoms with Crippen LogP contribution in [0, 0.1) is 11.8 Å². The number of amides is 2. The van der Waals surface area contributed by atoms with Gasteiger partial charge in [-0.1, -0.05) is 13.8 Å². The third-order valence-electron chi connectivity index (χ3n) is 3.38. The zero-order valence-corrected chi connectivity index (χ0v) is 11.2. The normalized spacial score (nSPS) is 21.1. The molecule has 1 aliphatic rings. The van der Waals surface area contributed by atoms with Crippen LogP contribution in [0.5, 0.6) is 0 Å². The smallest absolute Gasteiger partial charge is 0.328 e. The molecule has 2 N–H and O–H groups in total. The van der Waals surface area contributed by atoms with Gasteiger partial charge in [-0.3, -0.25) is 0 Å². The molecule has 6 nitrogen and oxygen atoms in total. The lowest BCUT2D eigenvalue weighted by molar-refractivity contribution is -0.140. The molecule has 1 aliphatic heterocycles. The third kappa shape index (κ3) is 3.87. The maximum atomic E-state index is 11.9. The number of methoxy groups -OCH3 is 1. The Kier molecular flexibility index (Phi) is 5.40. The van der Waals surface area contributed by atoms with Crippen molar-refractivity contribution in [1.82, 2.24) is 10.2 Å². The van der Waals surface area contributed by atoms with Gasteiger partial charge in [0, 0.05) is 20.2 Å². The first-order chi connectivity index (χ1) is 8.45. The maximum absolute atomic E-state index is 11.9. The highest BCUT2D eigenvalue weighted by atomic mass is 16.5. The second-order valence-corrected chi connectivity index (χ2v) is 5.03. The van der Waals surface area contributed by atoms with E-state index in [4.69, 9.17) is 9.84 Å². The molecule has 0 aliphatic carbocycles. The number of nitrogens with zero attached hydrogens (tertiary/aromatic N) is 1. The van der Waals surface area contributed by atoms with E-state index >= 15 is 0 Å². The third-order valence-corrected chi connectivity index (χ3v) is 3.38. The summed E-state index contributed by atoms with van der Waals surface area (Å²) >= 11 is 0. The minimum Gasteiger partial charge on any atom is -0.480 e. The summed E-state index contributed by atoms with van der Waals surface area (Å²) in [4.78, 5) is 24.5. The summed E-state index contributed by atoms with van der Waals surface area (Å²) in [6.45, 7) is 5.63. The van der Waals surface area contributed by atoms with Crippen LogP contribution in [0.3, 0.4) is 0 Å². The highest BCUT2D eigenvalue weighted by Crippen LogP contribution is 2.23. The lowest BCUT2D eigenvalue weighted by Gasteiger charge is -2.21. The van der Waals surface area contributed by atoms with Gasteiger partial charge in [-0.05, 0) is 18.3 Å². The second-order valence-electron chi connectivity index (χ2n) is 5.03. The lowest BCUT2D eigenvalue weighted by Crippen LogP contribution is -2.49. The SMILES string of the molecule is COCC(NC(=O)N1CCC(C(C)C)C1)C(=O)O. The molecule has 0 saturated carbocycles. The quantitative estimate of drug-likeness (QED) is 0.763. The Balaban J connectivity index is 2.48. The summed E-state index contributed by atoms with van der Waals surface area (Å²) in [5.41, 5.74) is 0. The molecule has 0 radical (unpaired) electrons. The topological polar surface area (TPSA) is 78.9 Å². The van der Waals surface area contributed by atoms with E-state index in [9.17, 15) is 9.59 Å². The molecule has 1 heterocycles. The molecule has 0 bridgehead atoms. The number of rotatable bonds is 5. The van der Waals surface area contributed by atoms with Gasteiger partial charge in [0.1, 0.15) is 0 Å². The zero-order valence-electron chi connectivity index (χ0n) is 11.2. The Morgan fingerprint density at radius 2 is 2.17 bits per heavy atom. The molecule has 0 aromatic carbocycles. The first kappa shape index (κ1) is 14.8. The molecule has 2 amide bonds. The molecule has 6 heteroatoms. The van der Waals surface area contributed by atoms with Gasteiger partial charge in [-0.25, -0.2) is 9.59 Å². The standard InChI is InChI=1S/C12H22N2O4/c1-8(2)9-4-5-14(6-9)12(17)13-10(7-18-3)11(15)16/h8-10H,4-7H2,1-3H3,(H,13,17)(H,15,16). The van der Waals surface area contributed by atoms with Gasteiger partial charge in [-0.15, -0.1) is 0 Å². The van der Waals surface area contributed by atoms with Gasteiger partial charge in [-0.2, -0.15) is 0 Å². The molecule has 18 heavy (non-hydrogen) atoms. The highest BCUT2D eigenvalue weighted by molar-refractivity contribution is 5.82. The summed E-state index contributed by atoms with van der Waals surface area (Å²) in [5, 5.41) is 11.4. The van der Waals surface area contributed by atoms with Crippen molar-refractivity contribution in [2.24, 2.45) is 11.8 Å². The van der Waals surface area contributed by atoms with E-state index in [1.54, 1.807) is 4.90 Å². The molecule has 1 fully saturated rings. The van der Waals surface area contributed by atoms with Crippen molar-refractivity contribution in [3.05, 3.63) is 0 Å². The maximum Gasteiger partial charge on any atom is 0.328 e. The van der Waals surface area contributed by atoms with Crippen molar-refractivity contribution < 1.29 is 19.4 Å². The summed E-state index contributed by atoms with van der Waals surface area (Å²) in [5.74, 6) is -0.0386. The highest BCUT2D eigenvalue weighted by Gasteiger charge is 2.30. The Morgan fingerprint density at radius 1 is 1.50 bits per heavy atom. The van der Waals surface area contributed by atoms with E-state index in [0.717, 1.165) is 6.42 Å². The van der Waals surface area contributed by atoms with Gasteiger partial charge in [0.15, 0.2) is 6.04 Å². The van der Waals surface area contributed by atoms with Crippen LogP contribution in [0.25, 0.3) is 0 Å². The van der Waals surface area contributed by atoms with E-state index in [1.165, 1.54) is 7.11 Å². The molecule has 1 rings (SSSR count). The molecular weight excluding hydrogens is 236 g/mol. The number of carboxylic acid groups (broad SMARTS) is 1. The van der Waals surface area contributed by atoms with Crippen LogP contribution in [0.4, 0.5) is 4.79 Å². The molecule has 0 aromatic heterocycles. The van der Waals surface area contributed by atoms with Gasteiger partial charge in [0.2, 0.25) is 0 Å². The van der Waals surface area contributed by atoms with E-state index < -0.39 is 12.0 Å². The van der Waals surface area contributed by atoms with Crippen LogP contribution < -0.4 is 5.32 Å². The van der Waals surface area contributed by atoms with Gasteiger partial charge >= 0.3 is 12.0 Å². The summed E-state index contributed by atoms with van der Waals surface area (Å²) < 4.78 is 4.77. The predicted molar refractivity (Wildman–Crippen MR) is 66.3 cm³/mol. The van der Waals surface area contributed by atoms with Crippen LogP contribution in [-0.4, -0.2) is 54.9 Å². The zero-order chi connectivity index (χ0) is 13.7. The summed E-state index contributed by atoms with van der Waals surface area (Å²) in [6.07, 6.45) is 0.979. The Hall–Kier alpha value is -1.30. The molecule has 104 valence electrons. The van der Waals surface area contributed by atoms with Crippen molar-refractivity contribution >= 4 is 12.0 Å². The second kappa shape index (κ2) is 6.58. The van der Waals surface area contributed by atoms with Crippen molar-refractivity contribution in [3.8, 4) is 0 Å². The van der Waals surface area contributed by atoms with E-state index in [-0.39, 0.29) is 12.6 Å². The van der Waals surface area contributed by atoms with Crippen molar-refractivity contribution in [3.63, 3.8) is 0 Å². The number of carbonyl (C=O) groups is 2. The van der Waals surface area contributed by atoms with Crippen molar-refractivity contribution in [1.29, 1.82) is 0 Å². The van der Waals surface area contributed by atoms with Crippen molar-refractivity contribution in [2.75, 3.05) is 26.8 Å². The monoisotopic (exact) mass is 258 g/mol. The summed E-state index contributed by atoms with van der Waals surface area (Å²) in [6, 6.07) is -1.30.